The fourth-order valence-electron chi connectivity index (χ4n) is 2.52. The molecule has 2 aromatic rings. The maximum Gasteiger partial charge on any atom is 0.255 e. The summed E-state index contributed by atoms with van der Waals surface area (Å²) < 4.78 is 0. The topological polar surface area (TPSA) is 41.1 Å². The first-order valence-corrected chi connectivity index (χ1v) is 7.48. The zero-order valence-electron chi connectivity index (χ0n) is 11.2. The van der Waals surface area contributed by atoms with Crippen LogP contribution in [-0.2, 0) is 13.0 Å². The second-order valence-electron chi connectivity index (χ2n) is 4.95. The molecular weight excluding hydrogens is 307 g/mol. The van der Waals surface area contributed by atoms with Gasteiger partial charge in [0.15, 0.2) is 0 Å². The molecule has 1 aliphatic rings. The number of carbonyl (C=O) groups is 1. The molecule has 0 aromatic heterocycles. The number of carbonyl (C=O) groups excluding carboxylic acids is 1. The molecule has 0 atom stereocenters. The van der Waals surface area contributed by atoms with Crippen LogP contribution in [0, 0.1) is 0 Å². The molecule has 1 amide bonds. The van der Waals surface area contributed by atoms with Crippen molar-refractivity contribution in [1.82, 2.24) is 5.32 Å². The van der Waals surface area contributed by atoms with Gasteiger partial charge in [0.1, 0.15) is 0 Å². The normalized spacial score (nSPS) is 13.6. The Hall–Kier alpha value is -1.55. The van der Waals surface area contributed by atoms with Gasteiger partial charge >= 0.3 is 0 Å². The first kappa shape index (κ1) is 14.4. The summed E-state index contributed by atoms with van der Waals surface area (Å²) in [7, 11) is 0. The van der Waals surface area contributed by atoms with Crippen molar-refractivity contribution in [2.75, 3.05) is 11.9 Å². The molecule has 0 saturated carbocycles. The molecule has 2 N–H and O–H groups in total. The van der Waals surface area contributed by atoms with Crippen molar-refractivity contribution in [3.05, 3.63) is 63.1 Å². The SMILES string of the molecule is O=C(Nc1ccc(Cl)c(Cl)c1)c1cccc2c1CCNC2. The maximum absolute atomic E-state index is 12.5. The molecule has 1 aliphatic heterocycles. The van der Waals surface area contributed by atoms with E-state index in [4.69, 9.17) is 23.2 Å². The van der Waals surface area contributed by atoms with E-state index in [-0.39, 0.29) is 5.91 Å². The van der Waals surface area contributed by atoms with Crippen molar-refractivity contribution in [2.45, 2.75) is 13.0 Å². The van der Waals surface area contributed by atoms with Crippen LogP contribution in [0.5, 0.6) is 0 Å². The Morgan fingerprint density at radius 2 is 2.00 bits per heavy atom. The van der Waals surface area contributed by atoms with E-state index < -0.39 is 0 Å². The van der Waals surface area contributed by atoms with E-state index in [0.717, 1.165) is 30.6 Å². The molecule has 3 rings (SSSR count). The summed E-state index contributed by atoms with van der Waals surface area (Å²) in [6.45, 7) is 1.70. The van der Waals surface area contributed by atoms with Gasteiger partial charge in [0.05, 0.1) is 10.0 Å². The summed E-state index contributed by atoms with van der Waals surface area (Å²) in [4.78, 5) is 12.5. The summed E-state index contributed by atoms with van der Waals surface area (Å²) in [5.74, 6) is -0.118. The number of nitrogens with one attached hydrogen (secondary N) is 2. The fraction of sp³-hybridized carbons (Fsp3) is 0.188. The predicted molar refractivity (Wildman–Crippen MR) is 86.3 cm³/mol. The van der Waals surface area contributed by atoms with Crippen LogP contribution in [0.4, 0.5) is 5.69 Å². The Morgan fingerprint density at radius 1 is 1.14 bits per heavy atom. The third-order valence-corrected chi connectivity index (χ3v) is 4.30. The van der Waals surface area contributed by atoms with Crippen LogP contribution < -0.4 is 10.6 Å². The monoisotopic (exact) mass is 320 g/mol. The summed E-state index contributed by atoms with van der Waals surface area (Å²) >= 11 is 11.8. The van der Waals surface area contributed by atoms with Crippen LogP contribution in [0.25, 0.3) is 0 Å². The molecular formula is C16H14Cl2N2O. The van der Waals surface area contributed by atoms with E-state index in [9.17, 15) is 4.79 Å². The lowest BCUT2D eigenvalue weighted by atomic mass is 9.95. The van der Waals surface area contributed by atoms with E-state index in [0.29, 0.717) is 15.7 Å². The minimum Gasteiger partial charge on any atom is -0.322 e. The van der Waals surface area contributed by atoms with Crippen molar-refractivity contribution in [1.29, 1.82) is 0 Å². The molecule has 2 aromatic carbocycles. The number of amides is 1. The van der Waals surface area contributed by atoms with Gasteiger partial charge in [-0.2, -0.15) is 0 Å². The molecule has 1 heterocycles. The third-order valence-electron chi connectivity index (χ3n) is 3.56. The molecule has 3 nitrogen and oxygen atoms in total. The minimum absolute atomic E-state index is 0.118. The molecule has 0 radical (unpaired) electrons. The molecule has 21 heavy (non-hydrogen) atoms. The number of benzene rings is 2. The first-order chi connectivity index (χ1) is 10.1. The van der Waals surface area contributed by atoms with Gasteiger partial charge in [0, 0.05) is 17.8 Å². The van der Waals surface area contributed by atoms with Gasteiger partial charge in [-0.25, -0.2) is 0 Å². The number of hydrogen-bond acceptors (Lipinski definition) is 2. The standard InChI is InChI=1S/C16H14Cl2N2O/c17-14-5-4-11(8-15(14)18)20-16(21)13-3-1-2-10-9-19-7-6-12(10)13/h1-5,8,19H,6-7,9H2,(H,20,21). The van der Waals surface area contributed by atoms with Crippen LogP contribution in [0.2, 0.25) is 10.0 Å². The van der Waals surface area contributed by atoms with E-state index in [1.165, 1.54) is 5.56 Å². The van der Waals surface area contributed by atoms with E-state index in [1.807, 2.05) is 12.1 Å². The summed E-state index contributed by atoms with van der Waals surface area (Å²) in [5, 5.41) is 7.08. The Bertz CT molecular complexity index is 701. The van der Waals surface area contributed by atoms with Crippen molar-refractivity contribution >= 4 is 34.8 Å². The van der Waals surface area contributed by atoms with Gasteiger partial charge in [-0.1, -0.05) is 35.3 Å². The highest BCUT2D eigenvalue weighted by Crippen LogP contribution is 2.26. The molecule has 0 unspecified atom stereocenters. The highest BCUT2D eigenvalue weighted by molar-refractivity contribution is 6.42. The van der Waals surface area contributed by atoms with Gasteiger partial charge in [0.2, 0.25) is 0 Å². The lowest BCUT2D eigenvalue weighted by molar-refractivity contribution is 0.102. The van der Waals surface area contributed by atoms with Crippen LogP contribution >= 0.6 is 23.2 Å². The minimum atomic E-state index is -0.118. The quantitative estimate of drug-likeness (QED) is 0.881. The molecule has 0 spiro atoms. The largest absolute Gasteiger partial charge is 0.322 e. The van der Waals surface area contributed by atoms with Crippen LogP contribution in [0.1, 0.15) is 21.5 Å². The van der Waals surface area contributed by atoms with Gasteiger partial charge < -0.3 is 10.6 Å². The number of hydrogen-bond donors (Lipinski definition) is 2. The van der Waals surface area contributed by atoms with Crippen molar-refractivity contribution < 1.29 is 4.79 Å². The van der Waals surface area contributed by atoms with Gasteiger partial charge in [0.25, 0.3) is 5.91 Å². The average Bonchev–Trinajstić information content (AvgIpc) is 2.50. The second kappa shape index (κ2) is 6.06. The third kappa shape index (κ3) is 3.05. The molecule has 0 bridgehead atoms. The number of anilines is 1. The maximum atomic E-state index is 12.5. The zero-order chi connectivity index (χ0) is 14.8. The van der Waals surface area contributed by atoms with Gasteiger partial charge in [-0.3, -0.25) is 4.79 Å². The highest BCUT2D eigenvalue weighted by Gasteiger charge is 2.17. The van der Waals surface area contributed by atoms with Crippen LogP contribution in [0.15, 0.2) is 36.4 Å². The zero-order valence-corrected chi connectivity index (χ0v) is 12.8. The molecule has 5 heteroatoms. The van der Waals surface area contributed by atoms with Crippen LogP contribution in [0.3, 0.4) is 0 Å². The molecule has 108 valence electrons. The van der Waals surface area contributed by atoms with Crippen molar-refractivity contribution in [3.8, 4) is 0 Å². The van der Waals surface area contributed by atoms with Gasteiger partial charge in [-0.05, 0) is 48.4 Å². The fourth-order valence-corrected chi connectivity index (χ4v) is 2.82. The highest BCUT2D eigenvalue weighted by atomic mass is 35.5. The Labute approximate surface area is 133 Å². The Kier molecular flexibility index (Phi) is 4.15. The first-order valence-electron chi connectivity index (χ1n) is 6.73. The molecule has 0 saturated heterocycles. The Balaban J connectivity index is 1.87. The van der Waals surface area contributed by atoms with E-state index in [2.05, 4.69) is 16.7 Å². The Morgan fingerprint density at radius 3 is 2.81 bits per heavy atom. The predicted octanol–water partition coefficient (Wildman–Crippen LogP) is 3.89. The summed E-state index contributed by atoms with van der Waals surface area (Å²) in [6.07, 6.45) is 0.861. The second-order valence-corrected chi connectivity index (χ2v) is 5.77. The smallest absolute Gasteiger partial charge is 0.255 e. The van der Waals surface area contributed by atoms with Crippen LogP contribution in [-0.4, -0.2) is 12.5 Å². The van der Waals surface area contributed by atoms with Crippen molar-refractivity contribution in [3.63, 3.8) is 0 Å². The summed E-state index contributed by atoms with van der Waals surface area (Å²) in [6, 6.07) is 10.9. The van der Waals surface area contributed by atoms with E-state index >= 15 is 0 Å². The molecule has 0 aliphatic carbocycles. The number of fused-ring (bicyclic) bond motifs is 1. The number of halogens is 2. The lowest BCUT2D eigenvalue weighted by Crippen LogP contribution is -2.26. The summed E-state index contributed by atoms with van der Waals surface area (Å²) in [5.41, 5.74) is 3.66. The number of rotatable bonds is 2. The average molecular weight is 321 g/mol. The lowest BCUT2D eigenvalue weighted by Gasteiger charge is -2.20. The molecule has 0 fully saturated rings. The van der Waals surface area contributed by atoms with E-state index in [1.54, 1.807) is 18.2 Å². The van der Waals surface area contributed by atoms with Crippen molar-refractivity contribution in [2.24, 2.45) is 0 Å². The van der Waals surface area contributed by atoms with Gasteiger partial charge in [-0.15, -0.1) is 0 Å².